The van der Waals surface area contributed by atoms with Gasteiger partial charge in [-0.2, -0.15) is 5.10 Å². The van der Waals surface area contributed by atoms with Crippen LogP contribution in [0.2, 0.25) is 0 Å². The number of benzene rings is 1. The van der Waals surface area contributed by atoms with Gasteiger partial charge in [-0.15, -0.1) is 0 Å². The van der Waals surface area contributed by atoms with Crippen molar-refractivity contribution in [2.24, 2.45) is 10.8 Å². The Kier molecular flexibility index (Phi) is 5.75. The highest BCUT2D eigenvalue weighted by Gasteiger charge is 2.11. The van der Waals surface area contributed by atoms with E-state index in [1.807, 2.05) is 0 Å². The Morgan fingerprint density at radius 2 is 2.00 bits per heavy atom. The van der Waals surface area contributed by atoms with Crippen molar-refractivity contribution >= 4 is 12.1 Å². The summed E-state index contributed by atoms with van der Waals surface area (Å²) in [6, 6.07) is 2.00. The van der Waals surface area contributed by atoms with Crippen molar-refractivity contribution in [3.8, 4) is 17.2 Å². The molecule has 5 N–H and O–H groups in total. The summed E-state index contributed by atoms with van der Waals surface area (Å²) < 4.78 is 9.96. The van der Waals surface area contributed by atoms with Gasteiger partial charge in [-0.25, -0.2) is 5.43 Å². The third-order valence-corrected chi connectivity index (χ3v) is 2.42. The lowest BCUT2D eigenvalue weighted by atomic mass is 10.2. The fourth-order valence-electron chi connectivity index (χ4n) is 1.32. The van der Waals surface area contributed by atoms with Gasteiger partial charge in [0, 0.05) is 5.56 Å². The predicted octanol–water partition coefficient (Wildman–Crippen LogP) is -0.821. The summed E-state index contributed by atoms with van der Waals surface area (Å²) in [5.41, 5.74) is 8.01. The predicted molar refractivity (Wildman–Crippen MR) is 72.0 cm³/mol. The molecule has 0 saturated heterocycles. The topological polar surface area (TPSA) is 126 Å². The highest BCUT2D eigenvalue weighted by Crippen LogP contribution is 2.36. The molecule has 1 amide bonds. The lowest BCUT2D eigenvalue weighted by Gasteiger charge is -2.09. The molecule has 1 aromatic carbocycles. The molecule has 0 fully saturated rings. The number of nitrogens with zero attached hydrogens (tertiary/aromatic N) is 1. The van der Waals surface area contributed by atoms with E-state index in [-0.39, 0.29) is 17.2 Å². The minimum Gasteiger partial charge on any atom is -0.502 e. The van der Waals surface area contributed by atoms with Gasteiger partial charge in [0.1, 0.15) is 6.04 Å². The van der Waals surface area contributed by atoms with Gasteiger partial charge in [0.15, 0.2) is 11.5 Å². The number of phenolic OH excluding ortho intramolecular Hbond substituents is 1. The Balaban J connectivity index is 2.85. The number of nitrogens with one attached hydrogen (secondary N) is 1. The second-order valence-corrected chi connectivity index (χ2v) is 3.80. The van der Waals surface area contributed by atoms with Gasteiger partial charge in [0.2, 0.25) is 5.75 Å². The molecular formula is C12H17N3O5. The monoisotopic (exact) mass is 283 g/mol. The molecule has 1 unspecified atom stereocenters. The average molecular weight is 283 g/mol. The molecule has 0 heterocycles. The quantitative estimate of drug-likeness (QED) is 0.399. The van der Waals surface area contributed by atoms with E-state index in [1.54, 1.807) is 0 Å². The number of carbonyl (C=O) groups is 1. The zero-order valence-electron chi connectivity index (χ0n) is 11.2. The normalized spacial score (nSPS) is 12.2. The van der Waals surface area contributed by atoms with Crippen molar-refractivity contribution < 1.29 is 24.5 Å². The molecule has 0 radical (unpaired) electrons. The van der Waals surface area contributed by atoms with Gasteiger partial charge in [0.25, 0.3) is 5.91 Å². The first-order valence-corrected chi connectivity index (χ1v) is 5.67. The third kappa shape index (κ3) is 3.84. The SMILES string of the molecule is COc1cc(/C=N/NC(=O)C(N)CO)cc(OC)c1O. The maximum atomic E-state index is 11.3. The first kappa shape index (κ1) is 15.7. The van der Waals surface area contributed by atoms with E-state index in [9.17, 15) is 9.90 Å². The number of hydrazone groups is 1. The maximum absolute atomic E-state index is 11.3. The number of aromatic hydroxyl groups is 1. The van der Waals surface area contributed by atoms with Crippen LogP contribution in [0.1, 0.15) is 5.56 Å². The summed E-state index contributed by atoms with van der Waals surface area (Å²) in [5, 5.41) is 22.1. The van der Waals surface area contributed by atoms with Crippen LogP contribution in [-0.2, 0) is 4.79 Å². The number of aliphatic hydroxyl groups is 1. The van der Waals surface area contributed by atoms with Gasteiger partial charge in [0.05, 0.1) is 27.0 Å². The molecule has 0 aliphatic carbocycles. The number of aliphatic hydroxyl groups excluding tert-OH is 1. The number of nitrogens with two attached hydrogens (primary N) is 1. The molecule has 8 heteroatoms. The minimum absolute atomic E-state index is 0.126. The Bertz CT molecular complexity index is 479. The van der Waals surface area contributed by atoms with E-state index < -0.39 is 18.6 Å². The number of rotatable bonds is 6. The molecule has 20 heavy (non-hydrogen) atoms. The Hall–Kier alpha value is -2.32. The van der Waals surface area contributed by atoms with Crippen LogP contribution in [0.15, 0.2) is 17.2 Å². The maximum Gasteiger partial charge on any atom is 0.259 e. The van der Waals surface area contributed by atoms with Gasteiger partial charge in [-0.05, 0) is 12.1 Å². The summed E-state index contributed by atoms with van der Waals surface area (Å²) in [7, 11) is 2.80. The lowest BCUT2D eigenvalue weighted by Crippen LogP contribution is -2.40. The highest BCUT2D eigenvalue weighted by molar-refractivity contribution is 5.85. The highest BCUT2D eigenvalue weighted by atomic mass is 16.5. The van der Waals surface area contributed by atoms with E-state index in [0.29, 0.717) is 5.56 Å². The van der Waals surface area contributed by atoms with Crippen molar-refractivity contribution in [1.82, 2.24) is 5.43 Å². The molecule has 8 nitrogen and oxygen atoms in total. The van der Waals surface area contributed by atoms with Crippen molar-refractivity contribution in [2.45, 2.75) is 6.04 Å². The van der Waals surface area contributed by atoms with E-state index in [0.717, 1.165) is 0 Å². The second-order valence-electron chi connectivity index (χ2n) is 3.80. The standard InChI is InChI=1S/C12H17N3O5/c1-19-9-3-7(4-10(20-2)11(9)17)5-14-15-12(18)8(13)6-16/h3-5,8,16-17H,6,13H2,1-2H3,(H,15,18)/b14-5+. The van der Waals surface area contributed by atoms with Crippen LogP contribution in [0, 0.1) is 0 Å². The van der Waals surface area contributed by atoms with Crippen molar-refractivity contribution in [3.05, 3.63) is 17.7 Å². The molecule has 0 aliphatic rings. The number of ether oxygens (including phenoxy) is 2. The molecular weight excluding hydrogens is 266 g/mol. The fraction of sp³-hybridized carbons (Fsp3) is 0.333. The second kappa shape index (κ2) is 7.31. The fourth-order valence-corrected chi connectivity index (χ4v) is 1.32. The summed E-state index contributed by atoms with van der Waals surface area (Å²) in [4.78, 5) is 11.3. The molecule has 110 valence electrons. The number of carbonyl (C=O) groups excluding carboxylic acids is 1. The zero-order valence-corrected chi connectivity index (χ0v) is 11.2. The molecule has 0 saturated carbocycles. The van der Waals surface area contributed by atoms with Gasteiger partial charge < -0.3 is 25.4 Å². The van der Waals surface area contributed by atoms with Crippen molar-refractivity contribution in [3.63, 3.8) is 0 Å². The van der Waals surface area contributed by atoms with E-state index in [1.165, 1.54) is 32.6 Å². The summed E-state index contributed by atoms with van der Waals surface area (Å²) in [6.07, 6.45) is 1.33. The smallest absolute Gasteiger partial charge is 0.259 e. The van der Waals surface area contributed by atoms with Crippen molar-refractivity contribution in [2.75, 3.05) is 20.8 Å². The minimum atomic E-state index is -1.03. The van der Waals surface area contributed by atoms with E-state index in [4.69, 9.17) is 20.3 Å². The van der Waals surface area contributed by atoms with Crippen LogP contribution in [-0.4, -0.2) is 49.2 Å². The Morgan fingerprint density at radius 1 is 1.45 bits per heavy atom. The number of methoxy groups -OCH3 is 2. The number of hydrogen-bond donors (Lipinski definition) is 4. The first-order valence-electron chi connectivity index (χ1n) is 5.67. The van der Waals surface area contributed by atoms with Crippen LogP contribution >= 0.6 is 0 Å². The molecule has 1 atom stereocenters. The largest absolute Gasteiger partial charge is 0.502 e. The lowest BCUT2D eigenvalue weighted by molar-refractivity contribution is -0.123. The molecule has 1 rings (SSSR count). The molecule has 0 spiro atoms. The average Bonchev–Trinajstić information content (AvgIpc) is 2.47. The van der Waals surface area contributed by atoms with Crippen LogP contribution < -0.4 is 20.6 Å². The van der Waals surface area contributed by atoms with Gasteiger partial charge >= 0.3 is 0 Å². The Labute approximate surface area is 115 Å². The van der Waals surface area contributed by atoms with Crippen LogP contribution in [0.4, 0.5) is 0 Å². The van der Waals surface area contributed by atoms with Gasteiger partial charge in [-0.1, -0.05) is 0 Å². The summed E-state index contributed by atoms with van der Waals surface area (Å²) in [6.45, 7) is -0.470. The van der Waals surface area contributed by atoms with Gasteiger partial charge in [-0.3, -0.25) is 4.79 Å². The van der Waals surface area contributed by atoms with E-state index >= 15 is 0 Å². The number of hydrogen-bond acceptors (Lipinski definition) is 7. The zero-order chi connectivity index (χ0) is 15.1. The number of phenols is 1. The third-order valence-electron chi connectivity index (χ3n) is 2.42. The summed E-state index contributed by atoms with van der Waals surface area (Å²) in [5.74, 6) is -0.312. The Morgan fingerprint density at radius 3 is 2.45 bits per heavy atom. The number of amides is 1. The molecule has 1 aromatic rings. The first-order chi connectivity index (χ1) is 9.53. The van der Waals surface area contributed by atoms with Crippen LogP contribution in [0.3, 0.4) is 0 Å². The van der Waals surface area contributed by atoms with E-state index in [2.05, 4.69) is 10.5 Å². The van der Waals surface area contributed by atoms with Crippen LogP contribution in [0.5, 0.6) is 17.2 Å². The molecule has 0 bridgehead atoms. The van der Waals surface area contributed by atoms with Crippen LogP contribution in [0.25, 0.3) is 0 Å². The molecule has 0 aliphatic heterocycles. The van der Waals surface area contributed by atoms with Crippen molar-refractivity contribution in [1.29, 1.82) is 0 Å². The molecule has 0 aromatic heterocycles. The summed E-state index contributed by atoms with van der Waals surface area (Å²) >= 11 is 0.